The number of hydrogen-bond acceptors (Lipinski definition) is 11. The highest BCUT2D eigenvalue weighted by Crippen LogP contribution is 2.37. The average molecular weight is 472 g/mol. The van der Waals surface area contributed by atoms with E-state index in [4.69, 9.17) is 29.7 Å². The number of nitrogens with two attached hydrogens (primary N) is 1. The Kier molecular flexibility index (Phi) is 6.13. The van der Waals surface area contributed by atoms with Crippen LogP contribution in [0.15, 0.2) is 40.6 Å². The van der Waals surface area contributed by atoms with Gasteiger partial charge in [0, 0.05) is 31.4 Å². The SMILES string of the molecule is COc1cccc2c1N=CN1CC(NC(=O)C3(N)NC=CO3)(OCCCN3CCOCC3)N=C21. The van der Waals surface area contributed by atoms with E-state index in [1.165, 1.54) is 12.5 Å². The van der Waals surface area contributed by atoms with Crippen molar-refractivity contribution in [3.63, 3.8) is 0 Å². The Morgan fingerprint density at radius 1 is 1.35 bits per heavy atom. The third-order valence-corrected chi connectivity index (χ3v) is 6.06. The number of rotatable bonds is 8. The van der Waals surface area contributed by atoms with Crippen LogP contribution in [0.2, 0.25) is 0 Å². The number of benzene rings is 1. The van der Waals surface area contributed by atoms with E-state index >= 15 is 0 Å². The van der Waals surface area contributed by atoms with Crippen molar-refractivity contribution in [2.24, 2.45) is 15.7 Å². The number of ether oxygens (including phenoxy) is 4. The topological polar surface area (TPSA) is 135 Å². The Labute approximate surface area is 197 Å². The van der Waals surface area contributed by atoms with Gasteiger partial charge in [0.05, 0.1) is 39.8 Å². The Bertz CT molecular complexity index is 1010. The minimum absolute atomic E-state index is 0.231. The van der Waals surface area contributed by atoms with Gasteiger partial charge in [-0.25, -0.2) is 9.98 Å². The van der Waals surface area contributed by atoms with Gasteiger partial charge in [-0.2, -0.15) is 0 Å². The van der Waals surface area contributed by atoms with Crippen LogP contribution in [-0.4, -0.2) is 92.7 Å². The lowest BCUT2D eigenvalue weighted by Gasteiger charge is -2.32. The van der Waals surface area contributed by atoms with E-state index in [-0.39, 0.29) is 6.54 Å². The number of methoxy groups -OCH3 is 1. The standard InChI is InChI=1S/C22H29N7O5/c1-31-17-5-2-4-16-18(17)24-15-29-14-21(26-19(16)29,27-20(30)22(23)25-6-11-34-22)33-10-3-7-28-8-12-32-13-9-28/h2,4-6,11,15,25H,3,7-10,12-14,23H2,1H3,(H,27,30). The molecule has 4 heterocycles. The second kappa shape index (κ2) is 9.22. The van der Waals surface area contributed by atoms with E-state index in [9.17, 15) is 4.79 Å². The Morgan fingerprint density at radius 2 is 2.21 bits per heavy atom. The van der Waals surface area contributed by atoms with Crippen LogP contribution < -0.4 is 21.1 Å². The van der Waals surface area contributed by atoms with Crippen LogP contribution in [0.5, 0.6) is 5.75 Å². The first-order chi connectivity index (χ1) is 16.5. The molecule has 34 heavy (non-hydrogen) atoms. The van der Waals surface area contributed by atoms with E-state index < -0.39 is 17.6 Å². The van der Waals surface area contributed by atoms with E-state index in [1.807, 2.05) is 23.1 Å². The molecule has 0 spiro atoms. The van der Waals surface area contributed by atoms with Crippen LogP contribution in [0.3, 0.4) is 0 Å². The number of nitrogens with zero attached hydrogens (tertiary/aromatic N) is 4. The lowest BCUT2D eigenvalue weighted by atomic mass is 10.1. The molecular weight excluding hydrogens is 442 g/mol. The molecule has 4 aliphatic heterocycles. The Hall–Kier alpha value is -3.19. The number of carbonyl (C=O) groups is 1. The van der Waals surface area contributed by atoms with Gasteiger partial charge in [-0.1, -0.05) is 6.07 Å². The monoisotopic (exact) mass is 471 g/mol. The minimum atomic E-state index is -1.73. The zero-order valence-corrected chi connectivity index (χ0v) is 19.0. The number of amides is 1. The molecule has 0 radical (unpaired) electrons. The van der Waals surface area contributed by atoms with Crippen LogP contribution >= 0.6 is 0 Å². The molecule has 5 rings (SSSR count). The normalized spacial score (nSPS) is 27.5. The molecule has 182 valence electrons. The molecule has 2 unspecified atom stereocenters. The molecule has 0 aliphatic carbocycles. The van der Waals surface area contributed by atoms with Crippen LogP contribution in [0.4, 0.5) is 5.69 Å². The highest BCUT2D eigenvalue weighted by atomic mass is 16.5. The summed E-state index contributed by atoms with van der Waals surface area (Å²) in [6, 6.07) is 5.62. The summed E-state index contributed by atoms with van der Waals surface area (Å²) in [5.74, 6) is -2.43. The first kappa shape index (κ1) is 22.6. The number of fused-ring (bicyclic) bond motifs is 3. The summed E-state index contributed by atoms with van der Waals surface area (Å²) in [6.07, 6.45) is 5.23. The van der Waals surface area contributed by atoms with Crippen molar-refractivity contribution in [1.29, 1.82) is 0 Å². The fraction of sp³-hybridized carbons (Fsp3) is 0.500. The van der Waals surface area contributed by atoms with Gasteiger partial charge in [0.15, 0.2) is 0 Å². The number of nitrogens with one attached hydrogen (secondary N) is 2. The number of carbonyl (C=O) groups excluding carboxylic acids is 1. The van der Waals surface area contributed by atoms with Crippen LogP contribution in [-0.2, 0) is 19.0 Å². The maximum atomic E-state index is 13.1. The molecule has 4 N–H and O–H groups in total. The van der Waals surface area contributed by atoms with Crippen molar-refractivity contribution < 1.29 is 23.7 Å². The lowest BCUT2D eigenvalue weighted by Crippen LogP contribution is -2.66. The first-order valence-electron chi connectivity index (χ1n) is 11.3. The summed E-state index contributed by atoms with van der Waals surface area (Å²) >= 11 is 0. The van der Waals surface area contributed by atoms with Crippen molar-refractivity contribution in [2.45, 2.75) is 18.1 Å². The average Bonchev–Trinajstić information content (AvgIpc) is 3.47. The van der Waals surface area contributed by atoms with E-state index in [1.54, 1.807) is 13.4 Å². The van der Waals surface area contributed by atoms with E-state index in [0.717, 1.165) is 44.8 Å². The van der Waals surface area contributed by atoms with E-state index in [2.05, 4.69) is 20.5 Å². The third kappa shape index (κ3) is 4.32. The maximum absolute atomic E-state index is 13.1. The predicted octanol–water partition coefficient (Wildman–Crippen LogP) is -0.357. The zero-order chi connectivity index (χ0) is 23.6. The minimum Gasteiger partial charge on any atom is -0.494 e. The molecule has 0 saturated carbocycles. The van der Waals surface area contributed by atoms with Crippen molar-refractivity contribution in [3.8, 4) is 5.75 Å². The molecule has 0 aromatic heterocycles. The molecule has 0 bridgehead atoms. The Morgan fingerprint density at radius 3 is 2.97 bits per heavy atom. The van der Waals surface area contributed by atoms with Gasteiger partial charge in [0.2, 0.25) is 0 Å². The van der Waals surface area contributed by atoms with Crippen LogP contribution in [0.1, 0.15) is 12.0 Å². The number of hydrogen-bond donors (Lipinski definition) is 3. The summed E-state index contributed by atoms with van der Waals surface area (Å²) in [6.45, 7) is 4.77. The molecule has 1 amide bonds. The molecule has 1 saturated heterocycles. The van der Waals surface area contributed by atoms with Crippen molar-refractivity contribution in [1.82, 2.24) is 20.4 Å². The fourth-order valence-electron chi connectivity index (χ4n) is 4.27. The largest absolute Gasteiger partial charge is 0.494 e. The summed E-state index contributed by atoms with van der Waals surface area (Å²) in [4.78, 5) is 26.6. The lowest BCUT2D eigenvalue weighted by molar-refractivity contribution is -0.152. The van der Waals surface area contributed by atoms with Gasteiger partial charge in [0.1, 0.15) is 23.5 Å². The molecule has 12 nitrogen and oxygen atoms in total. The molecule has 2 atom stereocenters. The number of aliphatic imine (C=N–C) groups is 2. The highest BCUT2D eigenvalue weighted by molar-refractivity contribution is 6.12. The third-order valence-electron chi connectivity index (χ3n) is 6.06. The molecular formula is C22H29N7O5. The van der Waals surface area contributed by atoms with Crippen molar-refractivity contribution in [3.05, 3.63) is 36.2 Å². The fourth-order valence-corrected chi connectivity index (χ4v) is 4.27. The second-order valence-corrected chi connectivity index (χ2v) is 8.36. The quantitative estimate of drug-likeness (QED) is 0.343. The van der Waals surface area contributed by atoms with Gasteiger partial charge in [0.25, 0.3) is 5.85 Å². The van der Waals surface area contributed by atoms with Gasteiger partial charge in [-0.05, 0) is 18.6 Å². The van der Waals surface area contributed by atoms with Gasteiger partial charge >= 0.3 is 11.8 Å². The van der Waals surface area contributed by atoms with Gasteiger partial charge in [-0.3, -0.25) is 15.4 Å². The second-order valence-electron chi connectivity index (χ2n) is 8.36. The first-order valence-corrected chi connectivity index (χ1v) is 11.3. The summed E-state index contributed by atoms with van der Waals surface area (Å²) in [5, 5.41) is 5.57. The smallest absolute Gasteiger partial charge is 0.316 e. The zero-order valence-electron chi connectivity index (χ0n) is 19.0. The summed E-state index contributed by atoms with van der Waals surface area (Å²) in [7, 11) is 1.60. The molecule has 12 heteroatoms. The van der Waals surface area contributed by atoms with Crippen molar-refractivity contribution in [2.75, 3.05) is 53.1 Å². The van der Waals surface area contributed by atoms with E-state index in [0.29, 0.717) is 23.9 Å². The number of morpholine rings is 1. The highest BCUT2D eigenvalue weighted by Gasteiger charge is 2.48. The molecule has 1 aromatic carbocycles. The van der Waals surface area contributed by atoms with Crippen LogP contribution in [0, 0.1) is 0 Å². The summed E-state index contributed by atoms with van der Waals surface area (Å²) in [5.41, 5.74) is 7.53. The Balaban J connectivity index is 1.36. The van der Waals surface area contributed by atoms with Crippen LogP contribution in [0.25, 0.3) is 0 Å². The number of para-hydroxylation sites is 1. The molecule has 4 aliphatic rings. The predicted molar refractivity (Wildman–Crippen MR) is 123 cm³/mol. The van der Waals surface area contributed by atoms with Gasteiger partial charge < -0.3 is 34.5 Å². The maximum Gasteiger partial charge on any atom is 0.316 e. The molecule has 1 aromatic rings. The summed E-state index contributed by atoms with van der Waals surface area (Å²) < 4.78 is 22.4. The number of amidine groups is 1. The molecule has 1 fully saturated rings. The van der Waals surface area contributed by atoms with Crippen molar-refractivity contribution >= 4 is 23.8 Å². The van der Waals surface area contributed by atoms with Gasteiger partial charge in [-0.15, -0.1) is 0 Å².